The molecule has 4 nitrogen and oxygen atoms in total. The number of halogens is 2. The van der Waals surface area contributed by atoms with Crippen LogP contribution in [-0.4, -0.2) is 14.3 Å². The summed E-state index contributed by atoms with van der Waals surface area (Å²) in [5.41, 5.74) is 6.74. The normalized spacial score (nSPS) is 12.7. The van der Waals surface area contributed by atoms with E-state index in [1.54, 1.807) is 42.5 Å². The third kappa shape index (κ3) is 4.59. The van der Waals surface area contributed by atoms with Crippen molar-refractivity contribution < 1.29 is 8.42 Å². The van der Waals surface area contributed by atoms with Crippen molar-refractivity contribution in [2.24, 2.45) is 10.1 Å². The van der Waals surface area contributed by atoms with Gasteiger partial charge in [-0.25, -0.2) is 0 Å². The number of hydrogen-bond donors (Lipinski definition) is 1. The molecule has 2 aromatic rings. The summed E-state index contributed by atoms with van der Waals surface area (Å²) < 4.78 is 27.4. The lowest BCUT2D eigenvalue weighted by Gasteiger charge is -2.00. The number of benzene rings is 2. The fraction of sp³-hybridized carbons (Fsp3) is 0. The number of sulfonamides is 1. The van der Waals surface area contributed by atoms with Gasteiger partial charge in [-0.15, -0.1) is 4.40 Å². The van der Waals surface area contributed by atoms with Crippen LogP contribution in [0.5, 0.6) is 0 Å². The highest BCUT2D eigenvalue weighted by Gasteiger charge is 2.07. The number of nitrogens with zero attached hydrogens (tertiary/aromatic N) is 1. The van der Waals surface area contributed by atoms with Crippen molar-refractivity contribution in [3.8, 4) is 0 Å². The monoisotopic (exact) mass is 354 g/mol. The molecule has 0 unspecified atom stereocenters. The van der Waals surface area contributed by atoms with Crippen molar-refractivity contribution in [1.82, 2.24) is 0 Å². The van der Waals surface area contributed by atoms with Gasteiger partial charge in [0.05, 0.1) is 5.41 Å². The van der Waals surface area contributed by atoms with Gasteiger partial charge in [0.1, 0.15) is 5.84 Å². The Morgan fingerprint density at radius 2 is 1.77 bits per heavy atom. The molecule has 0 radical (unpaired) electrons. The average Bonchev–Trinajstić information content (AvgIpc) is 2.47. The Morgan fingerprint density at radius 1 is 1.09 bits per heavy atom. The average molecular weight is 355 g/mol. The Hall–Kier alpha value is -1.82. The summed E-state index contributed by atoms with van der Waals surface area (Å²) in [5.74, 6) is -0.0764. The molecule has 0 aliphatic rings. The molecule has 114 valence electrons. The molecule has 0 aromatic heterocycles. The van der Waals surface area contributed by atoms with E-state index in [0.717, 1.165) is 5.41 Å². The minimum absolute atomic E-state index is 0.0764. The Bertz CT molecular complexity index is 832. The summed E-state index contributed by atoms with van der Waals surface area (Å²) in [6, 6.07) is 13.4. The number of nitrogens with two attached hydrogens (primary N) is 1. The van der Waals surface area contributed by atoms with E-state index in [1.165, 1.54) is 12.1 Å². The SMILES string of the molecule is N/C(=N/S(=O)(=O)/C=C/c1ccc(Cl)cc1Cl)c1ccccc1. The van der Waals surface area contributed by atoms with Crippen molar-refractivity contribution in [2.45, 2.75) is 0 Å². The number of hydrogen-bond acceptors (Lipinski definition) is 2. The van der Waals surface area contributed by atoms with Gasteiger partial charge in [-0.3, -0.25) is 0 Å². The largest absolute Gasteiger partial charge is 0.383 e. The van der Waals surface area contributed by atoms with Crippen molar-refractivity contribution in [1.29, 1.82) is 0 Å². The molecule has 0 saturated carbocycles. The fourth-order valence-corrected chi connectivity index (χ4v) is 2.86. The summed E-state index contributed by atoms with van der Waals surface area (Å²) in [7, 11) is -3.86. The van der Waals surface area contributed by atoms with Crippen LogP contribution in [0.2, 0.25) is 10.0 Å². The summed E-state index contributed by atoms with van der Waals surface area (Å²) in [6.07, 6.45) is 1.34. The molecule has 0 aliphatic heterocycles. The third-order valence-electron chi connectivity index (χ3n) is 2.68. The molecule has 0 aliphatic carbocycles. The van der Waals surface area contributed by atoms with E-state index in [-0.39, 0.29) is 5.84 Å². The van der Waals surface area contributed by atoms with Gasteiger partial charge < -0.3 is 5.73 Å². The van der Waals surface area contributed by atoms with Crippen LogP contribution in [0.3, 0.4) is 0 Å². The Kier molecular flexibility index (Phi) is 5.24. The minimum Gasteiger partial charge on any atom is -0.383 e. The van der Waals surface area contributed by atoms with Crippen molar-refractivity contribution in [3.63, 3.8) is 0 Å². The first kappa shape index (κ1) is 16.5. The maximum atomic E-state index is 11.9. The molecule has 2 N–H and O–H groups in total. The Labute approximate surface area is 138 Å². The van der Waals surface area contributed by atoms with Crippen LogP contribution in [0.1, 0.15) is 11.1 Å². The smallest absolute Gasteiger partial charge is 0.277 e. The zero-order valence-corrected chi connectivity index (χ0v) is 13.6. The van der Waals surface area contributed by atoms with Gasteiger partial charge in [0.15, 0.2) is 0 Å². The van der Waals surface area contributed by atoms with E-state index in [4.69, 9.17) is 28.9 Å². The van der Waals surface area contributed by atoms with Gasteiger partial charge in [-0.2, -0.15) is 8.42 Å². The van der Waals surface area contributed by atoms with Crippen LogP contribution < -0.4 is 5.73 Å². The van der Waals surface area contributed by atoms with Crippen LogP contribution in [-0.2, 0) is 10.0 Å². The predicted octanol–water partition coefficient (Wildman–Crippen LogP) is 3.70. The molecule has 0 spiro atoms. The van der Waals surface area contributed by atoms with Crippen molar-refractivity contribution in [3.05, 3.63) is 75.1 Å². The first-order valence-electron chi connectivity index (χ1n) is 6.16. The second-order valence-electron chi connectivity index (χ2n) is 4.33. The summed E-state index contributed by atoms with van der Waals surface area (Å²) in [6.45, 7) is 0. The zero-order valence-electron chi connectivity index (χ0n) is 11.3. The summed E-state index contributed by atoms with van der Waals surface area (Å²) >= 11 is 11.7. The first-order valence-corrected chi connectivity index (χ1v) is 8.42. The second kappa shape index (κ2) is 6.96. The van der Waals surface area contributed by atoms with Gasteiger partial charge in [0.2, 0.25) is 0 Å². The van der Waals surface area contributed by atoms with Gasteiger partial charge in [-0.1, -0.05) is 59.6 Å². The van der Waals surface area contributed by atoms with Crippen molar-refractivity contribution in [2.75, 3.05) is 0 Å². The zero-order chi connectivity index (χ0) is 16.2. The Balaban J connectivity index is 2.26. The lowest BCUT2D eigenvalue weighted by atomic mass is 10.2. The molecule has 2 rings (SSSR count). The van der Waals surface area contributed by atoms with Crippen LogP contribution in [0, 0.1) is 0 Å². The van der Waals surface area contributed by atoms with Crippen LogP contribution in [0.15, 0.2) is 58.3 Å². The quantitative estimate of drug-likeness (QED) is 0.671. The van der Waals surface area contributed by atoms with E-state index in [2.05, 4.69) is 4.40 Å². The van der Waals surface area contributed by atoms with Gasteiger partial charge in [-0.05, 0) is 23.8 Å². The first-order chi connectivity index (χ1) is 10.4. The molecule has 0 saturated heterocycles. The highest BCUT2D eigenvalue weighted by molar-refractivity contribution is 7.93. The highest BCUT2D eigenvalue weighted by Crippen LogP contribution is 2.22. The Morgan fingerprint density at radius 3 is 2.41 bits per heavy atom. The van der Waals surface area contributed by atoms with Gasteiger partial charge >= 0.3 is 0 Å². The summed E-state index contributed by atoms with van der Waals surface area (Å²) in [5, 5.41) is 1.76. The van der Waals surface area contributed by atoms with E-state index < -0.39 is 10.0 Å². The summed E-state index contributed by atoms with van der Waals surface area (Å²) in [4.78, 5) is 0. The molecule has 0 fully saturated rings. The number of rotatable bonds is 4. The number of amidine groups is 1. The molecule has 22 heavy (non-hydrogen) atoms. The standard InChI is InChI=1S/C15H12Cl2N2O2S/c16-13-7-6-11(14(17)10-13)8-9-22(20,21)19-15(18)12-4-2-1-3-5-12/h1-10H,(H2,18,19)/b9-8+. The molecule has 0 atom stereocenters. The van der Waals surface area contributed by atoms with Gasteiger partial charge in [0, 0.05) is 15.6 Å². The predicted molar refractivity (Wildman–Crippen MR) is 91.6 cm³/mol. The molecule has 0 bridgehead atoms. The lowest BCUT2D eigenvalue weighted by molar-refractivity contribution is 0.606. The molecule has 0 heterocycles. The molecular formula is C15H12Cl2N2O2S. The van der Waals surface area contributed by atoms with E-state index >= 15 is 0 Å². The van der Waals surface area contributed by atoms with Crippen molar-refractivity contribution >= 4 is 45.1 Å². The van der Waals surface area contributed by atoms with Crippen LogP contribution in [0.4, 0.5) is 0 Å². The van der Waals surface area contributed by atoms with Gasteiger partial charge in [0.25, 0.3) is 10.0 Å². The molecule has 2 aromatic carbocycles. The maximum absolute atomic E-state index is 11.9. The van der Waals surface area contributed by atoms with E-state index in [9.17, 15) is 8.42 Å². The highest BCUT2D eigenvalue weighted by atomic mass is 35.5. The molecular weight excluding hydrogens is 343 g/mol. The minimum atomic E-state index is -3.86. The van der Waals surface area contributed by atoms with Crippen LogP contribution >= 0.6 is 23.2 Å². The third-order valence-corrected chi connectivity index (χ3v) is 4.17. The topological polar surface area (TPSA) is 72.5 Å². The molecule has 7 heteroatoms. The second-order valence-corrected chi connectivity index (χ2v) is 6.65. The molecule has 0 amide bonds. The lowest BCUT2D eigenvalue weighted by Crippen LogP contribution is -2.15. The van der Waals surface area contributed by atoms with E-state index in [0.29, 0.717) is 21.2 Å². The van der Waals surface area contributed by atoms with Crippen LogP contribution in [0.25, 0.3) is 6.08 Å². The maximum Gasteiger partial charge on any atom is 0.277 e. The van der Waals surface area contributed by atoms with E-state index in [1.807, 2.05) is 0 Å². The fourth-order valence-electron chi connectivity index (χ4n) is 1.63.